The first-order valence-electron chi connectivity index (χ1n) is 5.54. The summed E-state index contributed by atoms with van der Waals surface area (Å²) in [6.07, 6.45) is 0.533. The second-order valence-electron chi connectivity index (χ2n) is 4.27. The molecular formula is C12H14Cl2N2O. The first-order chi connectivity index (χ1) is 8.06. The van der Waals surface area contributed by atoms with Crippen molar-refractivity contribution in [3.63, 3.8) is 0 Å². The van der Waals surface area contributed by atoms with Gasteiger partial charge in [0.2, 0.25) is 5.91 Å². The van der Waals surface area contributed by atoms with Crippen LogP contribution >= 0.6 is 23.2 Å². The summed E-state index contributed by atoms with van der Waals surface area (Å²) in [5.41, 5.74) is 1.07. The van der Waals surface area contributed by atoms with Crippen LogP contribution in [0.25, 0.3) is 0 Å². The van der Waals surface area contributed by atoms with Crippen molar-refractivity contribution < 1.29 is 4.79 Å². The molecule has 0 aromatic heterocycles. The van der Waals surface area contributed by atoms with Crippen molar-refractivity contribution in [2.24, 2.45) is 0 Å². The minimum Gasteiger partial charge on any atom is -0.354 e. The minimum absolute atomic E-state index is 0.101. The van der Waals surface area contributed by atoms with Crippen LogP contribution in [0.4, 0.5) is 0 Å². The maximum atomic E-state index is 11.1. The molecule has 0 spiro atoms. The second kappa shape index (κ2) is 5.25. The van der Waals surface area contributed by atoms with Crippen LogP contribution in [0.2, 0.25) is 10.0 Å². The Balaban J connectivity index is 2.01. The number of carbonyl (C=O) groups is 1. The van der Waals surface area contributed by atoms with E-state index >= 15 is 0 Å². The van der Waals surface area contributed by atoms with Gasteiger partial charge in [-0.15, -0.1) is 0 Å². The first-order valence-corrected chi connectivity index (χ1v) is 6.29. The fourth-order valence-corrected chi connectivity index (χ4v) is 2.26. The first kappa shape index (κ1) is 12.7. The third kappa shape index (κ3) is 3.12. The molecule has 5 heteroatoms. The Morgan fingerprint density at radius 1 is 1.41 bits per heavy atom. The lowest BCUT2D eigenvalue weighted by Crippen LogP contribution is -2.33. The lowest BCUT2D eigenvalue weighted by Gasteiger charge is -2.18. The largest absolute Gasteiger partial charge is 0.354 e. The van der Waals surface area contributed by atoms with E-state index in [1.165, 1.54) is 0 Å². The maximum Gasteiger partial charge on any atom is 0.221 e. The molecule has 1 aromatic rings. The highest BCUT2D eigenvalue weighted by Crippen LogP contribution is 2.25. The molecule has 0 bridgehead atoms. The lowest BCUT2D eigenvalue weighted by atomic mass is 10.1. The van der Waals surface area contributed by atoms with E-state index in [4.69, 9.17) is 23.2 Å². The van der Waals surface area contributed by atoms with Gasteiger partial charge in [0.05, 0.1) is 10.0 Å². The quantitative estimate of drug-likeness (QED) is 0.888. The van der Waals surface area contributed by atoms with E-state index in [2.05, 4.69) is 10.6 Å². The van der Waals surface area contributed by atoms with Crippen LogP contribution in [-0.2, 0) is 4.79 Å². The molecule has 1 fully saturated rings. The molecule has 2 rings (SSSR count). The summed E-state index contributed by atoms with van der Waals surface area (Å²) in [4.78, 5) is 11.1. The standard InChI is InChI=1S/C12H14Cl2N2O/c1-7(16-9-5-12(17)15-6-9)8-2-3-10(13)11(14)4-8/h2-4,7,9,16H,5-6H2,1H3,(H,15,17). The van der Waals surface area contributed by atoms with Gasteiger partial charge in [-0.2, -0.15) is 0 Å². The molecule has 2 N–H and O–H groups in total. The van der Waals surface area contributed by atoms with Crippen LogP contribution < -0.4 is 10.6 Å². The molecule has 2 unspecified atom stereocenters. The van der Waals surface area contributed by atoms with Crippen molar-refractivity contribution >= 4 is 29.1 Å². The predicted molar refractivity (Wildman–Crippen MR) is 69.4 cm³/mol. The van der Waals surface area contributed by atoms with Gasteiger partial charge in [0, 0.05) is 25.0 Å². The molecule has 1 aromatic carbocycles. The summed E-state index contributed by atoms with van der Waals surface area (Å²) in [6.45, 7) is 2.73. The van der Waals surface area contributed by atoms with Crippen LogP contribution in [0, 0.1) is 0 Å². The SMILES string of the molecule is CC(NC1CNC(=O)C1)c1ccc(Cl)c(Cl)c1. The fourth-order valence-electron chi connectivity index (χ4n) is 1.95. The van der Waals surface area contributed by atoms with Crippen molar-refractivity contribution in [3.8, 4) is 0 Å². The number of benzene rings is 1. The number of hydrogen-bond donors (Lipinski definition) is 2. The van der Waals surface area contributed by atoms with Gasteiger partial charge >= 0.3 is 0 Å². The molecule has 0 saturated carbocycles. The van der Waals surface area contributed by atoms with E-state index in [1.54, 1.807) is 6.07 Å². The Hall–Kier alpha value is -0.770. The highest BCUT2D eigenvalue weighted by Gasteiger charge is 2.22. The molecule has 1 saturated heterocycles. The zero-order valence-electron chi connectivity index (χ0n) is 9.47. The third-order valence-corrected chi connectivity index (χ3v) is 3.65. The summed E-state index contributed by atoms with van der Waals surface area (Å²) < 4.78 is 0. The molecular weight excluding hydrogens is 259 g/mol. The van der Waals surface area contributed by atoms with E-state index in [0.717, 1.165) is 5.56 Å². The van der Waals surface area contributed by atoms with Gasteiger partial charge in [-0.25, -0.2) is 0 Å². The van der Waals surface area contributed by atoms with Crippen molar-refractivity contribution in [1.29, 1.82) is 0 Å². The molecule has 17 heavy (non-hydrogen) atoms. The molecule has 1 aliphatic rings. The predicted octanol–water partition coefficient (Wildman–Crippen LogP) is 2.53. The van der Waals surface area contributed by atoms with E-state index in [1.807, 2.05) is 19.1 Å². The Morgan fingerprint density at radius 3 is 2.76 bits per heavy atom. The van der Waals surface area contributed by atoms with Gasteiger partial charge in [0.1, 0.15) is 0 Å². The Bertz CT molecular complexity index is 437. The van der Waals surface area contributed by atoms with Crippen molar-refractivity contribution in [1.82, 2.24) is 10.6 Å². The van der Waals surface area contributed by atoms with E-state index in [-0.39, 0.29) is 18.0 Å². The number of hydrogen-bond acceptors (Lipinski definition) is 2. The van der Waals surface area contributed by atoms with Crippen LogP contribution in [0.5, 0.6) is 0 Å². The Kier molecular flexibility index (Phi) is 3.92. The zero-order valence-corrected chi connectivity index (χ0v) is 11.0. The van der Waals surface area contributed by atoms with Gasteiger partial charge in [-0.1, -0.05) is 29.3 Å². The molecule has 0 radical (unpaired) electrons. The maximum absolute atomic E-state index is 11.1. The van der Waals surface area contributed by atoms with Gasteiger partial charge < -0.3 is 10.6 Å². The topological polar surface area (TPSA) is 41.1 Å². The van der Waals surface area contributed by atoms with Gasteiger partial charge in [0.25, 0.3) is 0 Å². The van der Waals surface area contributed by atoms with Crippen molar-refractivity contribution in [2.45, 2.75) is 25.4 Å². The monoisotopic (exact) mass is 272 g/mol. The lowest BCUT2D eigenvalue weighted by molar-refractivity contribution is -0.119. The van der Waals surface area contributed by atoms with Crippen molar-refractivity contribution in [3.05, 3.63) is 33.8 Å². The van der Waals surface area contributed by atoms with Crippen molar-refractivity contribution in [2.75, 3.05) is 6.54 Å². The van der Waals surface area contributed by atoms with Gasteiger partial charge in [-0.05, 0) is 24.6 Å². The fraction of sp³-hybridized carbons (Fsp3) is 0.417. The number of carbonyl (C=O) groups excluding carboxylic acids is 1. The Labute approximate surface area is 110 Å². The highest BCUT2D eigenvalue weighted by atomic mass is 35.5. The summed E-state index contributed by atoms with van der Waals surface area (Å²) >= 11 is 11.8. The number of nitrogens with one attached hydrogen (secondary N) is 2. The van der Waals surface area contributed by atoms with Crippen LogP contribution in [0.1, 0.15) is 24.9 Å². The summed E-state index contributed by atoms with van der Waals surface area (Å²) in [5, 5.41) is 7.30. The number of halogens is 2. The average molecular weight is 273 g/mol. The average Bonchev–Trinajstić information content (AvgIpc) is 2.68. The number of amides is 1. The zero-order chi connectivity index (χ0) is 12.4. The van der Waals surface area contributed by atoms with E-state index in [9.17, 15) is 4.79 Å². The molecule has 92 valence electrons. The van der Waals surface area contributed by atoms with Crippen LogP contribution in [0.15, 0.2) is 18.2 Å². The normalized spacial score (nSPS) is 21.4. The molecule has 1 aliphatic heterocycles. The van der Waals surface area contributed by atoms with E-state index in [0.29, 0.717) is 23.0 Å². The highest BCUT2D eigenvalue weighted by molar-refractivity contribution is 6.42. The molecule has 3 nitrogen and oxygen atoms in total. The summed E-state index contributed by atoms with van der Waals surface area (Å²) in [7, 11) is 0. The summed E-state index contributed by atoms with van der Waals surface area (Å²) in [5.74, 6) is 0.101. The van der Waals surface area contributed by atoms with Crippen LogP contribution in [-0.4, -0.2) is 18.5 Å². The van der Waals surface area contributed by atoms with E-state index < -0.39 is 0 Å². The summed E-state index contributed by atoms with van der Waals surface area (Å²) in [6, 6.07) is 5.91. The molecule has 1 amide bonds. The van der Waals surface area contributed by atoms with Gasteiger partial charge in [0.15, 0.2) is 0 Å². The molecule has 1 heterocycles. The minimum atomic E-state index is 0.101. The smallest absolute Gasteiger partial charge is 0.221 e. The molecule has 2 atom stereocenters. The van der Waals surface area contributed by atoms with Crippen LogP contribution in [0.3, 0.4) is 0 Å². The second-order valence-corrected chi connectivity index (χ2v) is 5.08. The van der Waals surface area contributed by atoms with Gasteiger partial charge in [-0.3, -0.25) is 4.79 Å². The Morgan fingerprint density at radius 2 is 2.18 bits per heavy atom. The third-order valence-electron chi connectivity index (χ3n) is 2.91. The molecule has 0 aliphatic carbocycles. The number of rotatable bonds is 3.